The second kappa shape index (κ2) is 16.1. The summed E-state index contributed by atoms with van der Waals surface area (Å²) in [6.45, 7) is 3.84. The molecule has 0 fully saturated rings. The maximum absolute atomic E-state index is 11.0. The third-order valence-electron chi connectivity index (χ3n) is 5.36. The number of hydrogen-bond acceptors (Lipinski definition) is 1. The molecule has 0 aromatic rings. The summed E-state index contributed by atoms with van der Waals surface area (Å²) in [5.74, 6) is 0. The van der Waals surface area contributed by atoms with Gasteiger partial charge in [-0.05, 0) is 12.8 Å². The van der Waals surface area contributed by atoms with Crippen LogP contribution in [0.25, 0.3) is 0 Å². The summed E-state index contributed by atoms with van der Waals surface area (Å²) in [5.41, 5.74) is 0. The highest BCUT2D eigenvalue weighted by atomic mass is 31.2. The quantitative estimate of drug-likeness (QED) is 0.158. The Balaban J connectivity index is 3.29. The van der Waals surface area contributed by atoms with E-state index in [1.54, 1.807) is 0 Å². The maximum Gasteiger partial charge on any atom is 0.331 e. The molecule has 0 aromatic heterocycles. The highest BCUT2D eigenvalue weighted by Crippen LogP contribution is 2.34. The van der Waals surface area contributed by atoms with E-state index >= 15 is 0 Å². The fourth-order valence-corrected chi connectivity index (χ4v) is 4.23. The maximum atomic E-state index is 11.0. The van der Waals surface area contributed by atoms with Crippen LogP contribution in [-0.2, 0) is 4.57 Å². The topological polar surface area (TPSA) is 57.5 Å². The first-order chi connectivity index (χ1) is 12.3. The van der Waals surface area contributed by atoms with E-state index in [2.05, 4.69) is 21.0 Å². The van der Waals surface area contributed by atoms with Gasteiger partial charge in [-0.3, -0.25) is 4.57 Å². The van der Waals surface area contributed by atoms with E-state index in [4.69, 9.17) is 9.79 Å². The summed E-state index contributed by atoms with van der Waals surface area (Å²) < 4.78 is 11.7. The van der Waals surface area contributed by atoms with Crippen LogP contribution < -0.4 is 0 Å². The van der Waals surface area contributed by atoms with Crippen LogP contribution in [0.2, 0.25) is 0 Å². The monoisotopic (exact) mass is 392 g/mol. The average Bonchev–Trinajstić information content (AvgIpc) is 2.56. The number of hydrogen-bond donors (Lipinski definition) is 2. The molecule has 158 valence electrons. The van der Waals surface area contributed by atoms with E-state index in [1.165, 1.54) is 89.9 Å². The molecule has 0 spiro atoms. The van der Waals surface area contributed by atoms with Gasteiger partial charge in [-0.1, -0.05) is 90.4 Å². The summed E-state index contributed by atoms with van der Waals surface area (Å²) in [6, 6.07) is 0. The Hall–Kier alpha value is 0.110. The SMILES string of the molecule is CCCCCCCCCCCCCCCCC[N+](C)(C)CCP(=O)(O)O. The number of quaternary nitrogens is 1. The fraction of sp³-hybridized carbons (Fsp3) is 1.00. The van der Waals surface area contributed by atoms with Gasteiger partial charge in [-0.25, -0.2) is 0 Å². The zero-order valence-corrected chi connectivity index (χ0v) is 18.8. The summed E-state index contributed by atoms with van der Waals surface area (Å²) >= 11 is 0. The Labute approximate surface area is 163 Å². The Kier molecular flexibility index (Phi) is 16.2. The lowest BCUT2D eigenvalue weighted by atomic mass is 10.0. The molecule has 0 aliphatic heterocycles. The van der Waals surface area contributed by atoms with Crippen LogP contribution in [0, 0.1) is 0 Å². The molecule has 4 nitrogen and oxygen atoms in total. The Morgan fingerprint density at radius 3 is 1.31 bits per heavy atom. The molecule has 5 heteroatoms. The van der Waals surface area contributed by atoms with Gasteiger partial charge in [0.1, 0.15) is 0 Å². The molecule has 0 bridgehead atoms. The van der Waals surface area contributed by atoms with E-state index in [-0.39, 0.29) is 6.16 Å². The van der Waals surface area contributed by atoms with Gasteiger partial charge in [0.05, 0.1) is 33.3 Å². The minimum atomic E-state index is -3.85. The number of nitrogens with zero attached hydrogens (tertiary/aromatic N) is 1. The van der Waals surface area contributed by atoms with Crippen molar-refractivity contribution in [3.63, 3.8) is 0 Å². The first-order valence-corrected chi connectivity index (χ1v) is 12.9. The second-order valence-corrected chi connectivity index (χ2v) is 10.5. The highest BCUT2D eigenvalue weighted by molar-refractivity contribution is 7.51. The van der Waals surface area contributed by atoms with Gasteiger partial charge >= 0.3 is 7.60 Å². The molecule has 0 amide bonds. The van der Waals surface area contributed by atoms with Crippen molar-refractivity contribution in [2.75, 3.05) is 33.3 Å². The molecule has 0 aliphatic carbocycles. The van der Waals surface area contributed by atoms with Crippen LogP contribution in [0.4, 0.5) is 0 Å². The van der Waals surface area contributed by atoms with Crippen molar-refractivity contribution in [1.29, 1.82) is 0 Å². The molecule has 0 aromatic carbocycles. The lowest BCUT2D eigenvalue weighted by Crippen LogP contribution is -2.42. The van der Waals surface area contributed by atoms with Gasteiger partial charge in [0.15, 0.2) is 0 Å². The zero-order chi connectivity index (χ0) is 19.7. The minimum Gasteiger partial charge on any atom is -0.328 e. The first-order valence-electron chi connectivity index (χ1n) is 11.1. The summed E-state index contributed by atoms with van der Waals surface area (Å²) in [6.07, 6.45) is 20.5. The van der Waals surface area contributed by atoms with E-state index in [0.29, 0.717) is 11.0 Å². The molecule has 0 heterocycles. The smallest absolute Gasteiger partial charge is 0.328 e. The molecule has 0 unspecified atom stereocenters. The standard InChI is InChI=1S/C21H46NO3P/c1-4-5-6-7-8-9-10-11-12-13-14-15-16-17-18-19-22(2,3)20-21-26(23,24)25/h4-21H2,1-3H3,(H-,23,24,25)/p+1. The van der Waals surface area contributed by atoms with Crippen LogP contribution >= 0.6 is 7.60 Å². The van der Waals surface area contributed by atoms with E-state index in [9.17, 15) is 4.57 Å². The molecule has 0 atom stereocenters. The van der Waals surface area contributed by atoms with Gasteiger partial charge in [0.25, 0.3) is 0 Å². The number of unbranched alkanes of at least 4 members (excludes halogenated alkanes) is 14. The van der Waals surface area contributed by atoms with Gasteiger partial charge in [0.2, 0.25) is 0 Å². The molecule has 26 heavy (non-hydrogen) atoms. The largest absolute Gasteiger partial charge is 0.331 e. The van der Waals surface area contributed by atoms with Crippen molar-refractivity contribution in [1.82, 2.24) is 0 Å². The Morgan fingerprint density at radius 1 is 0.615 bits per heavy atom. The van der Waals surface area contributed by atoms with Crippen molar-refractivity contribution in [3.05, 3.63) is 0 Å². The normalized spacial score (nSPS) is 12.7. The van der Waals surface area contributed by atoms with Crippen molar-refractivity contribution in [2.45, 2.75) is 103 Å². The lowest BCUT2D eigenvalue weighted by molar-refractivity contribution is -0.888. The highest BCUT2D eigenvalue weighted by Gasteiger charge is 2.21. The minimum absolute atomic E-state index is 0.00125. The van der Waals surface area contributed by atoms with Crippen LogP contribution in [0.1, 0.15) is 103 Å². The zero-order valence-electron chi connectivity index (χ0n) is 17.9. The van der Waals surface area contributed by atoms with E-state index in [0.717, 1.165) is 13.0 Å². The summed E-state index contributed by atoms with van der Waals surface area (Å²) in [5, 5.41) is 0. The van der Waals surface area contributed by atoms with Gasteiger partial charge in [-0.2, -0.15) is 0 Å². The molecule has 0 rings (SSSR count). The molecule has 0 radical (unpaired) electrons. The van der Waals surface area contributed by atoms with Crippen molar-refractivity contribution in [2.24, 2.45) is 0 Å². The van der Waals surface area contributed by atoms with Crippen LogP contribution in [0.5, 0.6) is 0 Å². The van der Waals surface area contributed by atoms with Crippen LogP contribution in [0.15, 0.2) is 0 Å². The predicted molar refractivity (Wildman–Crippen MR) is 114 cm³/mol. The molecular weight excluding hydrogens is 345 g/mol. The van der Waals surface area contributed by atoms with Gasteiger partial charge in [0, 0.05) is 0 Å². The van der Waals surface area contributed by atoms with Crippen molar-refractivity contribution < 1.29 is 18.8 Å². The Bertz CT molecular complexity index is 355. The second-order valence-electron chi connectivity index (χ2n) is 8.72. The van der Waals surface area contributed by atoms with E-state index in [1.807, 2.05) is 0 Å². The molecule has 0 aliphatic rings. The third kappa shape index (κ3) is 20.4. The average molecular weight is 393 g/mol. The third-order valence-corrected chi connectivity index (χ3v) is 6.15. The van der Waals surface area contributed by atoms with E-state index < -0.39 is 7.60 Å². The van der Waals surface area contributed by atoms with Crippen molar-refractivity contribution >= 4 is 7.60 Å². The predicted octanol–water partition coefficient (Wildman–Crippen LogP) is 6.11. The molecular formula is C21H47NO3P+. The first kappa shape index (κ1) is 26.1. The Morgan fingerprint density at radius 2 is 0.962 bits per heavy atom. The van der Waals surface area contributed by atoms with Gasteiger partial charge < -0.3 is 14.3 Å². The van der Waals surface area contributed by atoms with Crippen LogP contribution in [0.3, 0.4) is 0 Å². The molecule has 0 saturated carbocycles. The molecule has 2 N–H and O–H groups in total. The van der Waals surface area contributed by atoms with Crippen molar-refractivity contribution in [3.8, 4) is 0 Å². The summed E-state index contributed by atoms with van der Waals surface area (Å²) in [4.78, 5) is 18.0. The van der Waals surface area contributed by atoms with Crippen LogP contribution in [-0.4, -0.2) is 47.6 Å². The fourth-order valence-electron chi connectivity index (χ4n) is 3.42. The summed E-state index contributed by atoms with van der Waals surface area (Å²) in [7, 11) is 0.285. The molecule has 0 saturated heterocycles. The van der Waals surface area contributed by atoms with Gasteiger partial charge in [-0.15, -0.1) is 0 Å². The number of rotatable bonds is 19. The lowest BCUT2D eigenvalue weighted by Gasteiger charge is -2.29.